The lowest BCUT2D eigenvalue weighted by Crippen LogP contribution is -2.16. The molecule has 0 aliphatic carbocycles. The molecule has 0 atom stereocenters. The van der Waals surface area contributed by atoms with Crippen LogP contribution >= 0.6 is 0 Å². The minimum atomic E-state index is -0.211. The van der Waals surface area contributed by atoms with Gasteiger partial charge in [0.25, 0.3) is 5.91 Å². The van der Waals surface area contributed by atoms with Crippen molar-refractivity contribution < 1.29 is 9.53 Å². The normalized spacial score (nSPS) is 10.4. The van der Waals surface area contributed by atoms with E-state index in [9.17, 15) is 4.79 Å². The lowest BCUT2D eigenvalue weighted by molar-refractivity contribution is 0.102. The van der Waals surface area contributed by atoms with Gasteiger partial charge in [0, 0.05) is 20.3 Å². The molecule has 5 nitrogen and oxygen atoms in total. The first kappa shape index (κ1) is 15.8. The minimum Gasteiger partial charge on any atom is -0.489 e. The number of aromatic nitrogens is 1. The number of benzene rings is 1. The fourth-order valence-electron chi connectivity index (χ4n) is 1.91. The van der Waals surface area contributed by atoms with Crippen LogP contribution in [0.3, 0.4) is 0 Å². The average Bonchev–Trinajstić information content (AvgIpc) is 2.48. The summed E-state index contributed by atoms with van der Waals surface area (Å²) in [5.41, 5.74) is 1.16. The molecule has 1 heterocycles. The Morgan fingerprint density at radius 2 is 1.91 bits per heavy atom. The number of carbonyl (C=O) groups is 1. The molecular formula is C17H21N3O2. The van der Waals surface area contributed by atoms with Crippen LogP contribution in [0.25, 0.3) is 0 Å². The van der Waals surface area contributed by atoms with Crippen molar-refractivity contribution in [2.75, 3.05) is 24.3 Å². The highest BCUT2D eigenvalue weighted by Crippen LogP contribution is 2.25. The summed E-state index contributed by atoms with van der Waals surface area (Å²) in [4.78, 5) is 18.4. The molecule has 0 saturated carbocycles. The fraction of sp³-hybridized carbons (Fsp3) is 0.294. The fourth-order valence-corrected chi connectivity index (χ4v) is 1.91. The van der Waals surface area contributed by atoms with Crippen molar-refractivity contribution in [1.29, 1.82) is 0 Å². The molecule has 1 aromatic heterocycles. The maximum atomic E-state index is 12.3. The first-order valence-corrected chi connectivity index (χ1v) is 7.18. The number of rotatable bonds is 5. The average molecular weight is 299 g/mol. The third kappa shape index (κ3) is 3.97. The molecule has 0 saturated heterocycles. The highest BCUT2D eigenvalue weighted by Gasteiger charge is 2.11. The Morgan fingerprint density at radius 3 is 2.50 bits per heavy atom. The van der Waals surface area contributed by atoms with E-state index in [4.69, 9.17) is 4.74 Å². The number of anilines is 2. The third-order valence-corrected chi connectivity index (χ3v) is 2.97. The van der Waals surface area contributed by atoms with Gasteiger partial charge in [-0.3, -0.25) is 4.79 Å². The number of nitrogens with one attached hydrogen (secondary N) is 1. The molecule has 0 unspecified atom stereocenters. The number of hydrogen-bond donors (Lipinski definition) is 1. The summed E-state index contributed by atoms with van der Waals surface area (Å²) in [7, 11) is 3.81. The molecule has 0 aliphatic heterocycles. The van der Waals surface area contributed by atoms with Crippen LogP contribution < -0.4 is 15.0 Å². The van der Waals surface area contributed by atoms with Crippen molar-refractivity contribution in [2.24, 2.45) is 0 Å². The van der Waals surface area contributed by atoms with E-state index in [1.807, 2.05) is 63.2 Å². The lowest BCUT2D eigenvalue weighted by atomic mass is 10.2. The standard InChI is InChI=1S/C17H21N3O2/c1-12(2)22-15-8-6-5-7-14(15)19-17(21)13-9-10-16(18-11-13)20(3)4/h5-12H,1-4H3,(H,19,21). The van der Waals surface area contributed by atoms with Crippen LogP contribution in [-0.2, 0) is 0 Å². The molecule has 1 amide bonds. The van der Waals surface area contributed by atoms with Gasteiger partial charge in [-0.15, -0.1) is 0 Å². The van der Waals surface area contributed by atoms with Crippen LogP contribution in [0.4, 0.5) is 11.5 Å². The van der Waals surface area contributed by atoms with Gasteiger partial charge in [0.15, 0.2) is 0 Å². The predicted molar refractivity (Wildman–Crippen MR) is 88.7 cm³/mol. The van der Waals surface area contributed by atoms with Gasteiger partial charge < -0.3 is 15.0 Å². The molecule has 2 aromatic rings. The quantitative estimate of drug-likeness (QED) is 0.921. The van der Waals surface area contributed by atoms with Crippen molar-refractivity contribution in [2.45, 2.75) is 20.0 Å². The second kappa shape index (κ2) is 6.93. The summed E-state index contributed by atoms with van der Waals surface area (Å²) in [5.74, 6) is 1.25. The van der Waals surface area contributed by atoms with E-state index < -0.39 is 0 Å². The van der Waals surface area contributed by atoms with Crippen LogP contribution in [-0.4, -0.2) is 31.1 Å². The first-order valence-electron chi connectivity index (χ1n) is 7.18. The van der Waals surface area contributed by atoms with Gasteiger partial charge in [0.1, 0.15) is 11.6 Å². The van der Waals surface area contributed by atoms with Crippen molar-refractivity contribution in [3.8, 4) is 5.75 Å². The molecule has 5 heteroatoms. The summed E-state index contributed by atoms with van der Waals surface area (Å²) in [6.45, 7) is 3.89. The number of para-hydroxylation sites is 2. The largest absolute Gasteiger partial charge is 0.489 e. The van der Waals surface area contributed by atoms with Crippen LogP contribution in [0.1, 0.15) is 24.2 Å². The van der Waals surface area contributed by atoms with Gasteiger partial charge in [-0.05, 0) is 38.1 Å². The van der Waals surface area contributed by atoms with Gasteiger partial charge in [0.05, 0.1) is 17.4 Å². The van der Waals surface area contributed by atoms with Gasteiger partial charge in [-0.2, -0.15) is 0 Å². The summed E-state index contributed by atoms with van der Waals surface area (Å²) >= 11 is 0. The molecule has 1 aromatic carbocycles. The Bertz CT molecular complexity index is 637. The molecule has 1 N–H and O–H groups in total. The topological polar surface area (TPSA) is 54.5 Å². The van der Waals surface area contributed by atoms with E-state index in [1.54, 1.807) is 12.3 Å². The van der Waals surface area contributed by atoms with Crippen LogP contribution in [0, 0.1) is 0 Å². The van der Waals surface area contributed by atoms with Crippen LogP contribution in [0.2, 0.25) is 0 Å². The van der Waals surface area contributed by atoms with Gasteiger partial charge in [-0.25, -0.2) is 4.98 Å². The van der Waals surface area contributed by atoms with Gasteiger partial charge in [-0.1, -0.05) is 12.1 Å². The third-order valence-electron chi connectivity index (χ3n) is 2.97. The van der Waals surface area contributed by atoms with Crippen molar-refractivity contribution >= 4 is 17.4 Å². The van der Waals surface area contributed by atoms with E-state index in [2.05, 4.69) is 10.3 Å². The Kier molecular flexibility index (Phi) is 4.99. The monoisotopic (exact) mass is 299 g/mol. The van der Waals surface area contributed by atoms with Crippen LogP contribution in [0.5, 0.6) is 5.75 Å². The molecule has 0 radical (unpaired) electrons. The number of amides is 1. The molecule has 2 rings (SSSR count). The second-order valence-corrected chi connectivity index (χ2v) is 5.42. The first-order chi connectivity index (χ1) is 10.5. The molecule has 116 valence electrons. The zero-order valence-corrected chi connectivity index (χ0v) is 13.3. The zero-order valence-electron chi connectivity index (χ0n) is 13.3. The Labute approximate surface area is 130 Å². The van der Waals surface area contributed by atoms with E-state index in [0.717, 1.165) is 5.82 Å². The number of hydrogen-bond acceptors (Lipinski definition) is 4. The molecule has 22 heavy (non-hydrogen) atoms. The summed E-state index contributed by atoms with van der Waals surface area (Å²) < 4.78 is 5.70. The Morgan fingerprint density at radius 1 is 1.18 bits per heavy atom. The molecule has 0 spiro atoms. The van der Waals surface area contributed by atoms with E-state index in [0.29, 0.717) is 17.0 Å². The minimum absolute atomic E-state index is 0.0408. The maximum Gasteiger partial charge on any atom is 0.257 e. The number of ether oxygens (including phenoxy) is 1. The van der Waals surface area contributed by atoms with Gasteiger partial charge >= 0.3 is 0 Å². The van der Waals surface area contributed by atoms with Crippen molar-refractivity contribution in [3.05, 3.63) is 48.2 Å². The number of carbonyl (C=O) groups excluding carboxylic acids is 1. The van der Waals surface area contributed by atoms with E-state index in [-0.39, 0.29) is 12.0 Å². The van der Waals surface area contributed by atoms with E-state index >= 15 is 0 Å². The van der Waals surface area contributed by atoms with Crippen molar-refractivity contribution in [1.82, 2.24) is 4.98 Å². The van der Waals surface area contributed by atoms with Gasteiger partial charge in [0.2, 0.25) is 0 Å². The summed E-state index contributed by atoms with van der Waals surface area (Å²) in [6.07, 6.45) is 1.61. The summed E-state index contributed by atoms with van der Waals surface area (Å²) in [5, 5.41) is 2.86. The number of nitrogens with zero attached hydrogens (tertiary/aromatic N) is 2. The molecule has 0 fully saturated rings. The van der Waals surface area contributed by atoms with E-state index in [1.165, 1.54) is 0 Å². The molecule has 0 aliphatic rings. The zero-order chi connectivity index (χ0) is 16.1. The highest BCUT2D eigenvalue weighted by atomic mass is 16.5. The highest BCUT2D eigenvalue weighted by molar-refractivity contribution is 6.04. The van der Waals surface area contributed by atoms with Crippen LogP contribution in [0.15, 0.2) is 42.6 Å². The Hall–Kier alpha value is -2.56. The number of pyridine rings is 1. The maximum absolute atomic E-state index is 12.3. The Balaban J connectivity index is 2.15. The summed E-state index contributed by atoms with van der Waals surface area (Å²) in [6, 6.07) is 11.0. The lowest BCUT2D eigenvalue weighted by Gasteiger charge is -2.15. The predicted octanol–water partition coefficient (Wildman–Crippen LogP) is 3.19. The second-order valence-electron chi connectivity index (χ2n) is 5.42. The SMILES string of the molecule is CC(C)Oc1ccccc1NC(=O)c1ccc(N(C)C)nc1. The smallest absolute Gasteiger partial charge is 0.257 e. The molecule has 0 bridgehead atoms. The molecular weight excluding hydrogens is 278 g/mol. The van der Waals surface area contributed by atoms with Crippen molar-refractivity contribution in [3.63, 3.8) is 0 Å².